The van der Waals surface area contributed by atoms with Gasteiger partial charge in [-0.05, 0) is 20.8 Å². The number of carbonyl (C=O) groups is 1. The third kappa shape index (κ3) is 3.37. The predicted molar refractivity (Wildman–Crippen MR) is 88.0 cm³/mol. The smallest absolute Gasteiger partial charge is 0.410 e. The van der Waals surface area contributed by atoms with Crippen LogP contribution in [0.4, 0.5) is 10.6 Å². The third-order valence-electron chi connectivity index (χ3n) is 4.08. The molecule has 1 unspecified atom stereocenters. The van der Waals surface area contributed by atoms with E-state index in [0.29, 0.717) is 37.6 Å². The normalized spacial score (nSPS) is 20.2. The Balaban J connectivity index is 1.77. The van der Waals surface area contributed by atoms with Crippen LogP contribution in [0.1, 0.15) is 32.8 Å². The van der Waals surface area contributed by atoms with Gasteiger partial charge >= 0.3 is 6.09 Å². The lowest BCUT2D eigenvalue weighted by Gasteiger charge is -2.41. The number of piperazine rings is 1. The van der Waals surface area contributed by atoms with E-state index in [2.05, 4.69) is 16.0 Å². The molecule has 0 spiro atoms. The molecule has 1 aromatic rings. The summed E-state index contributed by atoms with van der Waals surface area (Å²) in [6.45, 7) is 7.97. The van der Waals surface area contributed by atoms with Crippen molar-refractivity contribution >= 4 is 11.9 Å². The van der Waals surface area contributed by atoms with E-state index in [-0.39, 0.29) is 12.1 Å². The van der Waals surface area contributed by atoms with Gasteiger partial charge in [0.05, 0.1) is 18.2 Å². The van der Waals surface area contributed by atoms with Crippen LogP contribution in [-0.2, 0) is 4.74 Å². The maximum atomic E-state index is 12.3. The lowest BCUT2D eigenvalue weighted by atomic mass is 10.1. The zero-order valence-electron chi connectivity index (χ0n) is 14.3. The van der Waals surface area contributed by atoms with Crippen molar-refractivity contribution in [2.45, 2.75) is 38.8 Å². The van der Waals surface area contributed by atoms with Crippen LogP contribution in [0.15, 0.2) is 12.3 Å². The predicted octanol–water partition coefficient (Wildman–Crippen LogP) is 2.16. The molecular weight excluding hydrogens is 308 g/mol. The molecule has 1 aromatic heterocycles. The first-order chi connectivity index (χ1) is 11.4. The van der Waals surface area contributed by atoms with Crippen LogP contribution in [0.3, 0.4) is 0 Å². The number of amides is 1. The molecule has 24 heavy (non-hydrogen) atoms. The Bertz CT molecular complexity index is 677. The zero-order valence-corrected chi connectivity index (χ0v) is 14.3. The van der Waals surface area contributed by atoms with E-state index in [1.54, 1.807) is 17.2 Å². The molecule has 1 amide bonds. The first-order valence-electron chi connectivity index (χ1n) is 8.15. The van der Waals surface area contributed by atoms with E-state index in [1.807, 2.05) is 20.8 Å². The highest BCUT2D eigenvalue weighted by molar-refractivity contribution is 5.69. The minimum atomic E-state index is -0.497. The highest BCUT2D eigenvalue weighted by atomic mass is 16.6. The molecule has 2 aliphatic rings. The van der Waals surface area contributed by atoms with Crippen LogP contribution >= 0.6 is 0 Å². The van der Waals surface area contributed by atoms with Crippen LogP contribution in [0.2, 0.25) is 0 Å². The second kappa shape index (κ2) is 6.19. The minimum Gasteiger partial charge on any atom is -0.490 e. The summed E-state index contributed by atoms with van der Waals surface area (Å²) < 4.78 is 11.2. The topological polar surface area (TPSA) is 78.7 Å². The zero-order chi connectivity index (χ0) is 17.3. The number of nitrogens with zero attached hydrogens (tertiary/aromatic N) is 4. The number of nitriles is 1. The largest absolute Gasteiger partial charge is 0.490 e. The molecule has 3 rings (SSSR count). The number of carbonyl (C=O) groups excluding carboxylic acids is 1. The Hall–Kier alpha value is -2.49. The quantitative estimate of drug-likeness (QED) is 0.725. The van der Waals surface area contributed by atoms with Gasteiger partial charge in [-0.15, -0.1) is 0 Å². The lowest BCUT2D eigenvalue weighted by molar-refractivity contribution is 0.0210. The highest BCUT2D eigenvalue weighted by Gasteiger charge is 2.35. The molecule has 2 aliphatic heterocycles. The minimum absolute atomic E-state index is 0.132. The molecule has 1 atom stereocenters. The molecule has 0 bridgehead atoms. The molecule has 0 radical (unpaired) electrons. The molecule has 0 aromatic carbocycles. The first-order valence-corrected chi connectivity index (χ1v) is 8.15. The van der Waals surface area contributed by atoms with Crippen molar-refractivity contribution in [3.63, 3.8) is 0 Å². The van der Waals surface area contributed by atoms with Crippen LogP contribution in [0.5, 0.6) is 5.75 Å². The number of hydrogen-bond donors (Lipinski definition) is 0. The Kier molecular flexibility index (Phi) is 4.22. The number of hydrogen-bond acceptors (Lipinski definition) is 6. The number of ether oxygens (including phenoxy) is 2. The SMILES string of the molecule is CC(C)(C)OC(=O)N1CCN2c3ncc(C#N)cc3OCCC2C1. The van der Waals surface area contributed by atoms with Gasteiger partial charge in [-0.3, -0.25) is 0 Å². The number of anilines is 1. The van der Waals surface area contributed by atoms with Crippen molar-refractivity contribution in [2.75, 3.05) is 31.1 Å². The molecule has 7 heteroatoms. The average molecular weight is 330 g/mol. The van der Waals surface area contributed by atoms with Crippen molar-refractivity contribution < 1.29 is 14.3 Å². The van der Waals surface area contributed by atoms with E-state index < -0.39 is 5.60 Å². The number of rotatable bonds is 0. The Morgan fingerprint density at radius 2 is 2.25 bits per heavy atom. The third-order valence-corrected chi connectivity index (χ3v) is 4.08. The Morgan fingerprint density at radius 1 is 1.46 bits per heavy atom. The van der Waals surface area contributed by atoms with Crippen LogP contribution < -0.4 is 9.64 Å². The van der Waals surface area contributed by atoms with Gasteiger partial charge < -0.3 is 19.3 Å². The second-order valence-corrected chi connectivity index (χ2v) is 7.07. The Morgan fingerprint density at radius 3 is 2.96 bits per heavy atom. The molecule has 3 heterocycles. The summed E-state index contributed by atoms with van der Waals surface area (Å²) in [7, 11) is 0. The Labute approximate surface area is 141 Å². The summed E-state index contributed by atoms with van der Waals surface area (Å²) in [5.74, 6) is 1.39. The molecule has 0 aliphatic carbocycles. The van der Waals surface area contributed by atoms with E-state index >= 15 is 0 Å². The monoisotopic (exact) mass is 330 g/mol. The molecule has 1 saturated heterocycles. The summed E-state index contributed by atoms with van der Waals surface area (Å²) in [5.41, 5.74) is -0.0117. The van der Waals surface area contributed by atoms with E-state index in [9.17, 15) is 4.79 Å². The van der Waals surface area contributed by atoms with Gasteiger partial charge in [0, 0.05) is 38.3 Å². The van der Waals surface area contributed by atoms with Crippen molar-refractivity contribution in [1.82, 2.24) is 9.88 Å². The average Bonchev–Trinajstić information content (AvgIpc) is 2.71. The summed E-state index contributed by atoms with van der Waals surface area (Å²) in [6, 6.07) is 3.94. The molecule has 128 valence electrons. The van der Waals surface area contributed by atoms with Crippen molar-refractivity contribution in [3.05, 3.63) is 17.8 Å². The number of aromatic nitrogens is 1. The van der Waals surface area contributed by atoms with Gasteiger partial charge in [-0.1, -0.05) is 0 Å². The molecule has 1 fully saturated rings. The highest BCUT2D eigenvalue weighted by Crippen LogP contribution is 2.33. The fourth-order valence-electron chi connectivity index (χ4n) is 3.00. The molecule has 0 N–H and O–H groups in total. The standard InChI is InChI=1S/C17H22N4O3/c1-17(2,3)24-16(22)20-5-6-21-13(11-20)4-7-23-14-8-12(9-18)10-19-15(14)21/h8,10,13H,4-7,11H2,1-3H3. The van der Waals surface area contributed by atoms with Crippen molar-refractivity contribution in [3.8, 4) is 11.8 Å². The summed E-state index contributed by atoms with van der Waals surface area (Å²) >= 11 is 0. The summed E-state index contributed by atoms with van der Waals surface area (Å²) in [4.78, 5) is 20.6. The van der Waals surface area contributed by atoms with Gasteiger partial charge in [0.1, 0.15) is 11.7 Å². The fraction of sp³-hybridized carbons (Fsp3) is 0.588. The van der Waals surface area contributed by atoms with Crippen LogP contribution in [0.25, 0.3) is 0 Å². The maximum Gasteiger partial charge on any atom is 0.410 e. The fourth-order valence-corrected chi connectivity index (χ4v) is 3.00. The summed E-state index contributed by atoms with van der Waals surface area (Å²) in [6.07, 6.45) is 2.07. The number of fused-ring (bicyclic) bond motifs is 3. The second-order valence-electron chi connectivity index (χ2n) is 7.07. The molecular formula is C17H22N4O3. The van der Waals surface area contributed by atoms with Crippen LogP contribution in [0, 0.1) is 11.3 Å². The van der Waals surface area contributed by atoms with E-state index in [4.69, 9.17) is 14.7 Å². The van der Waals surface area contributed by atoms with E-state index in [0.717, 1.165) is 12.2 Å². The first kappa shape index (κ1) is 16.4. The number of pyridine rings is 1. The van der Waals surface area contributed by atoms with Crippen LogP contribution in [-0.4, -0.2) is 53.9 Å². The molecule has 7 nitrogen and oxygen atoms in total. The van der Waals surface area contributed by atoms with Gasteiger partial charge in [0.2, 0.25) is 0 Å². The summed E-state index contributed by atoms with van der Waals surface area (Å²) in [5, 5.41) is 9.01. The van der Waals surface area contributed by atoms with Gasteiger partial charge in [0.15, 0.2) is 11.6 Å². The van der Waals surface area contributed by atoms with Gasteiger partial charge in [-0.25, -0.2) is 9.78 Å². The van der Waals surface area contributed by atoms with Crippen molar-refractivity contribution in [1.29, 1.82) is 5.26 Å². The lowest BCUT2D eigenvalue weighted by Crippen LogP contribution is -2.55. The molecule has 0 saturated carbocycles. The van der Waals surface area contributed by atoms with Gasteiger partial charge in [0.25, 0.3) is 0 Å². The van der Waals surface area contributed by atoms with Gasteiger partial charge in [-0.2, -0.15) is 5.26 Å². The van der Waals surface area contributed by atoms with E-state index in [1.165, 1.54) is 0 Å². The van der Waals surface area contributed by atoms with Crippen molar-refractivity contribution in [2.24, 2.45) is 0 Å². The maximum absolute atomic E-state index is 12.3.